The first-order chi connectivity index (χ1) is 13.7. The Bertz CT molecular complexity index is 1070. The normalized spacial score (nSPS) is 17.2. The van der Waals surface area contributed by atoms with Crippen molar-refractivity contribution in [3.63, 3.8) is 0 Å². The van der Waals surface area contributed by atoms with Gasteiger partial charge in [0.05, 0.1) is 11.8 Å². The zero-order valence-electron chi connectivity index (χ0n) is 15.5. The number of hydrogen-bond acceptors (Lipinski definition) is 5. The van der Waals surface area contributed by atoms with Crippen molar-refractivity contribution in [3.05, 3.63) is 88.6 Å². The highest BCUT2D eigenvalue weighted by Crippen LogP contribution is 2.43. The minimum absolute atomic E-state index is 0.127. The van der Waals surface area contributed by atoms with Gasteiger partial charge in [-0.1, -0.05) is 30.3 Å². The zero-order chi connectivity index (χ0) is 19.1. The second-order valence-corrected chi connectivity index (χ2v) is 7.07. The molecular formula is C23H19NO4. The van der Waals surface area contributed by atoms with E-state index in [1.807, 2.05) is 31.2 Å². The molecule has 0 spiro atoms. The van der Waals surface area contributed by atoms with E-state index in [0.29, 0.717) is 23.8 Å². The number of allylic oxidation sites excluding steroid dienone is 1. The molecule has 5 rings (SSSR count). The summed E-state index contributed by atoms with van der Waals surface area (Å²) in [4.78, 5) is 15.1. The van der Waals surface area contributed by atoms with Crippen molar-refractivity contribution >= 4 is 11.9 Å². The molecule has 0 atom stereocenters. The second kappa shape index (κ2) is 6.69. The number of carbonyl (C=O) groups excluding carboxylic acids is 1. The quantitative estimate of drug-likeness (QED) is 0.630. The highest BCUT2D eigenvalue weighted by atomic mass is 16.5. The topological polar surface area (TPSA) is 51.9 Å². The largest absolute Gasteiger partial charge is 0.477 e. The first kappa shape index (κ1) is 16.8. The van der Waals surface area contributed by atoms with Gasteiger partial charge in [-0.05, 0) is 30.7 Å². The fraction of sp³-hybridized carbons (Fsp3) is 0.174. The summed E-state index contributed by atoms with van der Waals surface area (Å²) in [5, 5.41) is 0. The molecule has 0 fully saturated rings. The number of hydrogen-bond donors (Lipinski definition) is 0. The van der Waals surface area contributed by atoms with Crippen LogP contribution in [0.4, 0.5) is 0 Å². The predicted molar refractivity (Wildman–Crippen MR) is 104 cm³/mol. The zero-order valence-corrected chi connectivity index (χ0v) is 15.5. The Kier molecular flexibility index (Phi) is 4.02. The maximum absolute atomic E-state index is 12.8. The van der Waals surface area contributed by atoms with Crippen LogP contribution in [0.2, 0.25) is 0 Å². The molecule has 5 heteroatoms. The molecule has 0 amide bonds. The van der Waals surface area contributed by atoms with E-state index in [1.54, 1.807) is 24.5 Å². The average Bonchev–Trinajstić information content (AvgIpc) is 3.32. The van der Waals surface area contributed by atoms with E-state index in [4.69, 9.17) is 13.9 Å². The van der Waals surface area contributed by atoms with Crippen molar-refractivity contribution in [1.82, 2.24) is 4.90 Å². The van der Waals surface area contributed by atoms with Gasteiger partial charge >= 0.3 is 0 Å². The lowest BCUT2D eigenvalue weighted by atomic mass is 10.00. The van der Waals surface area contributed by atoms with E-state index in [0.717, 1.165) is 30.0 Å². The van der Waals surface area contributed by atoms with E-state index in [2.05, 4.69) is 17.0 Å². The molecule has 28 heavy (non-hydrogen) atoms. The molecule has 2 aromatic carbocycles. The first-order valence-electron chi connectivity index (χ1n) is 9.22. The Morgan fingerprint density at radius 2 is 1.96 bits per heavy atom. The summed E-state index contributed by atoms with van der Waals surface area (Å²) in [5.74, 6) is 2.13. The van der Waals surface area contributed by atoms with Crippen molar-refractivity contribution in [3.8, 4) is 11.5 Å². The minimum atomic E-state index is -0.127. The van der Waals surface area contributed by atoms with Gasteiger partial charge in [0.1, 0.15) is 24.0 Å². The van der Waals surface area contributed by atoms with E-state index in [-0.39, 0.29) is 11.5 Å². The number of ketones is 1. The fourth-order valence-electron chi connectivity index (χ4n) is 3.74. The van der Waals surface area contributed by atoms with E-state index in [1.165, 1.54) is 5.56 Å². The molecule has 2 aliphatic rings. The Balaban J connectivity index is 1.44. The minimum Gasteiger partial charge on any atom is -0.477 e. The van der Waals surface area contributed by atoms with Gasteiger partial charge in [-0.2, -0.15) is 0 Å². The van der Waals surface area contributed by atoms with Gasteiger partial charge in [0.2, 0.25) is 5.78 Å². The Labute approximate surface area is 162 Å². The molecule has 0 unspecified atom stereocenters. The number of carbonyl (C=O) groups is 1. The van der Waals surface area contributed by atoms with Crippen LogP contribution in [-0.2, 0) is 13.1 Å². The van der Waals surface area contributed by atoms with E-state index < -0.39 is 0 Å². The molecule has 1 aromatic heterocycles. The molecule has 5 nitrogen and oxygen atoms in total. The van der Waals surface area contributed by atoms with Gasteiger partial charge < -0.3 is 13.9 Å². The van der Waals surface area contributed by atoms with Crippen LogP contribution in [0.1, 0.15) is 32.8 Å². The smallest absolute Gasteiger partial charge is 0.232 e. The molecular weight excluding hydrogens is 354 g/mol. The van der Waals surface area contributed by atoms with Crippen LogP contribution in [0.3, 0.4) is 0 Å². The molecule has 0 aliphatic carbocycles. The number of nitrogens with zero attached hydrogens (tertiary/aromatic N) is 1. The Morgan fingerprint density at radius 1 is 1.11 bits per heavy atom. The standard InChI is InChI=1S/C23H19NO4/c1-15-22-17(13-24(14-27-22)12-16-6-3-2-4-7-16)10-19-21(25)20(28-23(15)19)11-18-8-5-9-26-18/h2-11H,12-14H2,1H3/b20-11-. The van der Waals surface area contributed by atoms with Gasteiger partial charge in [-0.3, -0.25) is 9.69 Å². The fourth-order valence-corrected chi connectivity index (χ4v) is 3.74. The summed E-state index contributed by atoms with van der Waals surface area (Å²) >= 11 is 0. The second-order valence-electron chi connectivity index (χ2n) is 7.07. The summed E-state index contributed by atoms with van der Waals surface area (Å²) in [7, 11) is 0. The molecule has 3 heterocycles. The van der Waals surface area contributed by atoms with Crippen LogP contribution in [0.25, 0.3) is 6.08 Å². The molecule has 0 bridgehead atoms. The number of Topliss-reactive ketones (excluding diaryl/α,β-unsaturated/α-hetero) is 1. The maximum atomic E-state index is 12.8. The third-order valence-electron chi connectivity index (χ3n) is 5.07. The highest BCUT2D eigenvalue weighted by Gasteiger charge is 2.33. The Morgan fingerprint density at radius 3 is 2.75 bits per heavy atom. The van der Waals surface area contributed by atoms with Crippen molar-refractivity contribution in [2.24, 2.45) is 0 Å². The van der Waals surface area contributed by atoms with Gasteiger partial charge in [-0.15, -0.1) is 0 Å². The van der Waals surface area contributed by atoms with Crippen molar-refractivity contribution < 1.29 is 18.7 Å². The lowest BCUT2D eigenvalue weighted by molar-refractivity contribution is 0.0876. The number of fused-ring (bicyclic) bond motifs is 2. The SMILES string of the molecule is Cc1c2c(cc3c1O/C(=C\c1ccco1)C3=O)CN(Cc1ccccc1)CO2. The summed E-state index contributed by atoms with van der Waals surface area (Å²) < 4.78 is 17.2. The molecule has 3 aromatic rings. The lowest BCUT2D eigenvalue weighted by Gasteiger charge is -2.30. The van der Waals surface area contributed by atoms with Crippen molar-refractivity contribution in [2.75, 3.05) is 6.73 Å². The van der Waals surface area contributed by atoms with E-state index in [9.17, 15) is 4.79 Å². The lowest BCUT2D eigenvalue weighted by Crippen LogP contribution is -2.32. The summed E-state index contributed by atoms with van der Waals surface area (Å²) in [6, 6.07) is 15.8. The number of rotatable bonds is 3. The summed E-state index contributed by atoms with van der Waals surface area (Å²) in [6.45, 7) is 3.96. The Hall–Kier alpha value is -3.31. The van der Waals surface area contributed by atoms with Crippen molar-refractivity contribution in [2.45, 2.75) is 20.0 Å². The molecule has 0 saturated carbocycles. The monoisotopic (exact) mass is 373 g/mol. The first-order valence-corrected chi connectivity index (χ1v) is 9.22. The molecule has 140 valence electrons. The van der Waals surface area contributed by atoms with Crippen LogP contribution in [0, 0.1) is 6.92 Å². The third kappa shape index (κ3) is 2.90. The predicted octanol–water partition coefficient (Wildman–Crippen LogP) is 4.56. The number of furan rings is 1. The van der Waals surface area contributed by atoms with Crippen LogP contribution in [0.5, 0.6) is 11.5 Å². The van der Waals surface area contributed by atoms with Crippen LogP contribution in [-0.4, -0.2) is 17.4 Å². The average molecular weight is 373 g/mol. The highest BCUT2D eigenvalue weighted by molar-refractivity contribution is 6.15. The number of ether oxygens (including phenoxy) is 2. The van der Waals surface area contributed by atoms with Crippen LogP contribution < -0.4 is 9.47 Å². The van der Waals surface area contributed by atoms with Crippen LogP contribution >= 0.6 is 0 Å². The maximum Gasteiger partial charge on any atom is 0.232 e. The third-order valence-corrected chi connectivity index (χ3v) is 5.07. The van der Waals surface area contributed by atoms with E-state index >= 15 is 0 Å². The number of benzene rings is 2. The molecule has 0 saturated heterocycles. The van der Waals surface area contributed by atoms with Gasteiger partial charge in [0, 0.05) is 30.3 Å². The van der Waals surface area contributed by atoms with Crippen LogP contribution in [0.15, 0.2) is 65.0 Å². The van der Waals surface area contributed by atoms with Crippen molar-refractivity contribution in [1.29, 1.82) is 0 Å². The molecule has 2 aliphatic heterocycles. The van der Waals surface area contributed by atoms with Gasteiger partial charge in [-0.25, -0.2) is 0 Å². The summed E-state index contributed by atoms with van der Waals surface area (Å²) in [6.07, 6.45) is 3.20. The van der Waals surface area contributed by atoms with Gasteiger partial charge in [0.15, 0.2) is 5.76 Å². The molecule has 0 radical (unpaired) electrons. The summed E-state index contributed by atoms with van der Waals surface area (Å²) in [5.41, 5.74) is 3.69. The molecule has 0 N–H and O–H groups in total. The van der Waals surface area contributed by atoms with Gasteiger partial charge in [0.25, 0.3) is 0 Å².